The van der Waals surface area contributed by atoms with Crippen LogP contribution >= 0.6 is 0 Å². The van der Waals surface area contributed by atoms with Gasteiger partial charge in [-0.05, 0) is 31.2 Å². The first-order valence-electron chi connectivity index (χ1n) is 6.94. The predicted molar refractivity (Wildman–Crippen MR) is 70.5 cm³/mol. The SMILES string of the molecule is NC(c1ccccc1)N1C2CCCC1CCC2. The summed E-state index contributed by atoms with van der Waals surface area (Å²) >= 11 is 0. The smallest absolute Gasteiger partial charge is 0.0840 e. The highest BCUT2D eigenvalue weighted by Crippen LogP contribution is 2.37. The highest BCUT2D eigenvalue weighted by Gasteiger charge is 2.37. The molecule has 2 aliphatic heterocycles. The number of rotatable bonds is 2. The summed E-state index contributed by atoms with van der Waals surface area (Å²) < 4.78 is 0. The van der Waals surface area contributed by atoms with Gasteiger partial charge >= 0.3 is 0 Å². The normalized spacial score (nSPS) is 31.1. The van der Waals surface area contributed by atoms with E-state index in [4.69, 9.17) is 5.73 Å². The van der Waals surface area contributed by atoms with E-state index in [2.05, 4.69) is 35.2 Å². The quantitative estimate of drug-likeness (QED) is 0.846. The van der Waals surface area contributed by atoms with Gasteiger partial charge in [0.1, 0.15) is 0 Å². The molecule has 17 heavy (non-hydrogen) atoms. The molecule has 3 rings (SSSR count). The van der Waals surface area contributed by atoms with Crippen molar-refractivity contribution in [3.05, 3.63) is 35.9 Å². The minimum atomic E-state index is 0.104. The maximum absolute atomic E-state index is 6.49. The molecule has 2 heteroatoms. The molecule has 0 aliphatic carbocycles. The summed E-state index contributed by atoms with van der Waals surface area (Å²) in [4.78, 5) is 2.60. The second kappa shape index (κ2) is 4.79. The standard InChI is InChI=1S/C15H22N2/c16-15(12-6-2-1-3-7-12)17-13-8-4-9-14(17)11-5-10-13/h1-3,6-7,13-15H,4-5,8-11,16H2. The molecule has 2 N–H and O–H groups in total. The van der Waals surface area contributed by atoms with Crippen LogP contribution in [0.5, 0.6) is 0 Å². The van der Waals surface area contributed by atoms with Crippen molar-refractivity contribution in [2.24, 2.45) is 5.73 Å². The van der Waals surface area contributed by atoms with Gasteiger partial charge in [-0.1, -0.05) is 43.2 Å². The van der Waals surface area contributed by atoms with Crippen molar-refractivity contribution in [1.29, 1.82) is 0 Å². The Morgan fingerprint density at radius 2 is 1.47 bits per heavy atom. The number of hydrogen-bond acceptors (Lipinski definition) is 2. The van der Waals surface area contributed by atoms with E-state index in [1.807, 2.05) is 0 Å². The zero-order chi connectivity index (χ0) is 11.7. The summed E-state index contributed by atoms with van der Waals surface area (Å²) in [7, 11) is 0. The van der Waals surface area contributed by atoms with Crippen LogP contribution < -0.4 is 5.73 Å². The van der Waals surface area contributed by atoms with E-state index >= 15 is 0 Å². The van der Waals surface area contributed by atoms with Crippen molar-refractivity contribution in [3.63, 3.8) is 0 Å². The fourth-order valence-electron chi connectivity index (χ4n) is 3.64. The Labute approximate surface area is 104 Å². The van der Waals surface area contributed by atoms with Crippen molar-refractivity contribution < 1.29 is 0 Å². The Morgan fingerprint density at radius 1 is 0.941 bits per heavy atom. The number of nitrogens with zero attached hydrogens (tertiary/aromatic N) is 1. The molecular weight excluding hydrogens is 208 g/mol. The molecule has 2 saturated heterocycles. The van der Waals surface area contributed by atoms with Crippen LogP contribution in [0.2, 0.25) is 0 Å². The minimum Gasteiger partial charge on any atom is -0.312 e. The topological polar surface area (TPSA) is 29.3 Å². The van der Waals surface area contributed by atoms with E-state index in [0.29, 0.717) is 0 Å². The van der Waals surface area contributed by atoms with E-state index in [-0.39, 0.29) is 6.17 Å². The van der Waals surface area contributed by atoms with Crippen molar-refractivity contribution in [2.45, 2.75) is 56.8 Å². The number of benzene rings is 1. The van der Waals surface area contributed by atoms with E-state index in [1.165, 1.54) is 44.1 Å². The van der Waals surface area contributed by atoms with Gasteiger partial charge in [0.2, 0.25) is 0 Å². The van der Waals surface area contributed by atoms with E-state index in [1.54, 1.807) is 0 Å². The Balaban J connectivity index is 1.83. The van der Waals surface area contributed by atoms with Gasteiger partial charge < -0.3 is 5.73 Å². The molecule has 92 valence electrons. The molecule has 0 saturated carbocycles. The van der Waals surface area contributed by atoms with Gasteiger partial charge in [-0.15, -0.1) is 0 Å². The van der Waals surface area contributed by atoms with Crippen molar-refractivity contribution >= 4 is 0 Å². The molecule has 0 radical (unpaired) electrons. The van der Waals surface area contributed by atoms with Gasteiger partial charge in [0.15, 0.2) is 0 Å². The van der Waals surface area contributed by atoms with Crippen LogP contribution in [0.4, 0.5) is 0 Å². The van der Waals surface area contributed by atoms with Gasteiger partial charge in [-0.3, -0.25) is 4.90 Å². The predicted octanol–water partition coefficient (Wildman–Crippen LogP) is 3.05. The third-order valence-electron chi connectivity index (χ3n) is 4.45. The van der Waals surface area contributed by atoms with E-state index in [0.717, 1.165) is 12.1 Å². The highest BCUT2D eigenvalue weighted by atomic mass is 15.3. The number of fused-ring (bicyclic) bond motifs is 2. The summed E-state index contributed by atoms with van der Waals surface area (Å²) in [6.07, 6.45) is 8.27. The van der Waals surface area contributed by atoms with Crippen molar-refractivity contribution in [2.75, 3.05) is 0 Å². The first-order chi connectivity index (χ1) is 8.36. The number of hydrogen-bond donors (Lipinski definition) is 1. The number of piperidine rings is 2. The molecule has 0 spiro atoms. The zero-order valence-corrected chi connectivity index (χ0v) is 10.4. The third kappa shape index (κ3) is 2.12. The molecule has 0 amide bonds. The van der Waals surface area contributed by atoms with Gasteiger partial charge in [-0.2, -0.15) is 0 Å². The second-order valence-corrected chi connectivity index (χ2v) is 5.47. The summed E-state index contributed by atoms with van der Waals surface area (Å²) in [6, 6.07) is 12.0. The van der Waals surface area contributed by atoms with Gasteiger partial charge in [0.25, 0.3) is 0 Å². The lowest BCUT2D eigenvalue weighted by Gasteiger charge is -2.49. The van der Waals surface area contributed by atoms with Crippen LogP contribution in [0.25, 0.3) is 0 Å². The first-order valence-corrected chi connectivity index (χ1v) is 6.94. The Hall–Kier alpha value is -0.860. The maximum Gasteiger partial charge on any atom is 0.0840 e. The second-order valence-electron chi connectivity index (χ2n) is 5.47. The largest absolute Gasteiger partial charge is 0.312 e. The molecular formula is C15H22N2. The average molecular weight is 230 g/mol. The van der Waals surface area contributed by atoms with Crippen molar-refractivity contribution in [3.8, 4) is 0 Å². The fraction of sp³-hybridized carbons (Fsp3) is 0.600. The monoisotopic (exact) mass is 230 g/mol. The lowest BCUT2D eigenvalue weighted by atomic mass is 9.83. The molecule has 2 heterocycles. The van der Waals surface area contributed by atoms with Crippen LogP contribution in [-0.2, 0) is 0 Å². The molecule has 1 unspecified atom stereocenters. The molecule has 1 aromatic carbocycles. The summed E-state index contributed by atoms with van der Waals surface area (Å²) in [5.74, 6) is 0. The Bertz CT molecular complexity index is 340. The third-order valence-corrected chi connectivity index (χ3v) is 4.45. The minimum absolute atomic E-state index is 0.104. The van der Waals surface area contributed by atoms with Crippen LogP contribution in [0, 0.1) is 0 Å². The maximum atomic E-state index is 6.49. The lowest BCUT2D eigenvalue weighted by Crippen LogP contribution is -2.53. The molecule has 2 aliphatic rings. The van der Waals surface area contributed by atoms with E-state index < -0.39 is 0 Å². The van der Waals surface area contributed by atoms with Crippen molar-refractivity contribution in [1.82, 2.24) is 4.90 Å². The van der Waals surface area contributed by atoms with Crippen LogP contribution in [0.1, 0.15) is 50.3 Å². The van der Waals surface area contributed by atoms with Gasteiger partial charge in [0, 0.05) is 12.1 Å². The summed E-state index contributed by atoms with van der Waals surface area (Å²) in [5, 5.41) is 0. The fourth-order valence-corrected chi connectivity index (χ4v) is 3.64. The Morgan fingerprint density at radius 3 is 2.00 bits per heavy atom. The van der Waals surface area contributed by atoms with Crippen LogP contribution in [0.15, 0.2) is 30.3 Å². The molecule has 2 fully saturated rings. The van der Waals surface area contributed by atoms with Crippen LogP contribution in [0.3, 0.4) is 0 Å². The molecule has 1 aromatic rings. The molecule has 0 aromatic heterocycles. The molecule has 2 bridgehead atoms. The first kappa shape index (κ1) is 11.2. The van der Waals surface area contributed by atoms with Crippen LogP contribution in [-0.4, -0.2) is 17.0 Å². The summed E-state index contributed by atoms with van der Waals surface area (Å²) in [5.41, 5.74) is 7.76. The van der Waals surface area contributed by atoms with Gasteiger partial charge in [-0.25, -0.2) is 0 Å². The lowest BCUT2D eigenvalue weighted by molar-refractivity contribution is 0.00272. The molecule has 1 atom stereocenters. The number of nitrogens with two attached hydrogens (primary N) is 1. The molecule has 2 nitrogen and oxygen atoms in total. The average Bonchev–Trinajstić information content (AvgIpc) is 2.38. The highest BCUT2D eigenvalue weighted by molar-refractivity contribution is 5.19. The summed E-state index contributed by atoms with van der Waals surface area (Å²) in [6.45, 7) is 0. The zero-order valence-electron chi connectivity index (χ0n) is 10.4. The van der Waals surface area contributed by atoms with Gasteiger partial charge in [0.05, 0.1) is 6.17 Å². The Kier molecular flexibility index (Phi) is 3.17. The van der Waals surface area contributed by atoms with E-state index in [9.17, 15) is 0 Å².